The monoisotopic (exact) mass is 220 g/mol. The number of nitrogen functional groups attached to an aromatic ring is 1. The average Bonchev–Trinajstić information content (AvgIpc) is 2.96. The van der Waals surface area contributed by atoms with Crippen LogP contribution in [0.3, 0.4) is 0 Å². The highest BCUT2D eigenvalue weighted by molar-refractivity contribution is 5.57. The molecule has 1 aliphatic rings. The number of anilines is 2. The molecule has 0 bridgehead atoms. The molecule has 0 radical (unpaired) electrons. The molecule has 88 valence electrons. The van der Waals surface area contributed by atoms with Crippen LogP contribution in [0.4, 0.5) is 11.6 Å². The third-order valence-electron chi connectivity index (χ3n) is 3.26. The average molecular weight is 220 g/mol. The van der Waals surface area contributed by atoms with E-state index in [2.05, 4.69) is 36.1 Å². The largest absolute Gasteiger partial charge is 0.383 e. The van der Waals surface area contributed by atoms with Crippen LogP contribution in [0.2, 0.25) is 0 Å². The van der Waals surface area contributed by atoms with E-state index < -0.39 is 0 Å². The van der Waals surface area contributed by atoms with E-state index in [9.17, 15) is 0 Å². The Hall–Kier alpha value is -1.32. The van der Waals surface area contributed by atoms with E-state index in [0.717, 1.165) is 17.3 Å². The smallest absolute Gasteiger partial charge is 0.135 e. The Bertz CT molecular complexity index is 375. The summed E-state index contributed by atoms with van der Waals surface area (Å²) in [5.74, 6) is 2.67. The van der Waals surface area contributed by atoms with Crippen LogP contribution in [0, 0.1) is 5.92 Å². The summed E-state index contributed by atoms with van der Waals surface area (Å²) in [6.45, 7) is 6.46. The summed E-state index contributed by atoms with van der Waals surface area (Å²) < 4.78 is 0. The van der Waals surface area contributed by atoms with Gasteiger partial charge in [0.15, 0.2) is 0 Å². The predicted molar refractivity (Wildman–Crippen MR) is 66.3 cm³/mol. The molecule has 1 fully saturated rings. The third-order valence-corrected chi connectivity index (χ3v) is 3.26. The molecular formula is C12H20N4. The minimum absolute atomic E-state index is 0.350. The van der Waals surface area contributed by atoms with Crippen molar-refractivity contribution in [2.24, 2.45) is 5.92 Å². The lowest BCUT2D eigenvalue weighted by atomic mass is 10.0. The Morgan fingerprint density at radius 2 is 2.25 bits per heavy atom. The highest BCUT2D eigenvalue weighted by Crippen LogP contribution is 2.37. The first-order chi connectivity index (χ1) is 7.63. The van der Waals surface area contributed by atoms with Gasteiger partial charge in [-0.1, -0.05) is 27.2 Å². The van der Waals surface area contributed by atoms with Crippen molar-refractivity contribution in [1.29, 1.82) is 0 Å². The van der Waals surface area contributed by atoms with Crippen LogP contribution in [0.15, 0.2) is 6.33 Å². The molecule has 0 aliphatic heterocycles. The molecule has 0 saturated heterocycles. The Labute approximate surface area is 96.7 Å². The summed E-state index contributed by atoms with van der Waals surface area (Å²) in [5, 5.41) is 3.48. The quantitative estimate of drug-likeness (QED) is 0.817. The molecular weight excluding hydrogens is 200 g/mol. The standard InChI is InChI=1S/C12H20N4/c1-4-8-5-9(8)16-12-10(7(2)3)11(13)14-6-15-12/h6-9H,4-5H2,1-3H3,(H3,13,14,15,16). The zero-order chi connectivity index (χ0) is 11.7. The lowest BCUT2D eigenvalue weighted by Crippen LogP contribution is -2.12. The summed E-state index contributed by atoms with van der Waals surface area (Å²) in [6.07, 6.45) is 4.01. The maximum Gasteiger partial charge on any atom is 0.135 e. The number of nitrogens with one attached hydrogen (secondary N) is 1. The molecule has 0 spiro atoms. The van der Waals surface area contributed by atoms with Crippen molar-refractivity contribution in [1.82, 2.24) is 9.97 Å². The Kier molecular flexibility index (Phi) is 2.99. The van der Waals surface area contributed by atoms with E-state index >= 15 is 0 Å². The summed E-state index contributed by atoms with van der Waals surface area (Å²) in [6, 6.07) is 0.580. The van der Waals surface area contributed by atoms with Gasteiger partial charge in [0.2, 0.25) is 0 Å². The molecule has 0 aromatic carbocycles. The van der Waals surface area contributed by atoms with Crippen molar-refractivity contribution in [3.05, 3.63) is 11.9 Å². The van der Waals surface area contributed by atoms with Crippen LogP contribution < -0.4 is 11.1 Å². The van der Waals surface area contributed by atoms with E-state index in [0.29, 0.717) is 17.8 Å². The molecule has 2 unspecified atom stereocenters. The molecule has 2 atom stereocenters. The van der Waals surface area contributed by atoms with Crippen molar-refractivity contribution < 1.29 is 0 Å². The van der Waals surface area contributed by atoms with Crippen LogP contribution in [-0.2, 0) is 0 Å². The molecule has 1 saturated carbocycles. The molecule has 1 aliphatic carbocycles. The summed E-state index contributed by atoms with van der Waals surface area (Å²) in [4.78, 5) is 8.36. The van der Waals surface area contributed by atoms with Crippen LogP contribution >= 0.6 is 0 Å². The first kappa shape index (κ1) is 11.2. The van der Waals surface area contributed by atoms with Crippen LogP contribution in [0.5, 0.6) is 0 Å². The second-order valence-electron chi connectivity index (χ2n) is 4.83. The zero-order valence-corrected chi connectivity index (χ0v) is 10.2. The fraction of sp³-hybridized carbons (Fsp3) is 0.667. The number of nitrogens with two attached hydrogens (primary N) is 1. The molecule has 1 heterocycles. The van der Waals surface area contributed by atoms with Gasteiger partial charge in [-0.3, -0.25) is 0 Å². The minimum atomic E-state index is 0.350. The van der Waals surface area contributed by atoms with Gasteiger partial charge in [0.1, 0.15) is 18.0 Å². The molecule has 0 amide bonds. The topological polar surface area (TPSA) is 63.8 Å². The van der Waals surface area contributed by atoms with Gasteiger partial charge in [-0.15, -0.1) is 0 Å². The summed E-state index contributed by atoms with van der Waals surface area (Å²) in [5.41, 5.74) is 6.94. The van der Waals surface area contributed by atoms with Gasteiger partial charge >= 0.3 is 0 Å². The van der Waals surface area contributed by atoms with Crippen molar-refractivity contribution in [2.45, 2.75) is 45.6 Å². The van der Waals surface area contributed by atoms with E-state index in [1.807, 2.05) is 0 Å². The second-order valence-corrected chi connectivity index (χ2v) is 4.83. The van der Waals surface area contributed by atoms with E-state index in [-0.39, 0.29) is 0 Å². The molecule has 4 heteroatoms. The van der Waals surface area contributed by atoms with Gasteiger partial charge in [-0.2, -0.15) is 0 Å². The zero-order valence-electron chi connectivity index (χ0n) is 10.2. The van der Waals surface area contributed by atoms with Crippen molar-refractivity contribution in [3.63, 3.8) is 0 Å². The highest BCUT2D eigenvalue weighted by Gasteiger charge is 2.36. The van der Waals surface area contributed by atoms with Gasteiger partial charge in [-0.05, 0) is 18.3 Å². The maximum absolute atomic E-state index is 5.89. The molecule has 2 rings (SSSR count). The number of hydrogen-bond donors (Lipinski definition) is 2. The number of rotatable bonds is 4. The van der Waals surface area contributed by atoms with Gasteiger partial charge in [-0.25, -0.2) is 9.97 Å². The minimum Gasteiger partial charge on any atom is -0.383 e. The lowest BCUT2D eigenvalue weighted by molar-refractivity contribution is 0.769. The van der Waals surface area contributed by atoms with Crippen molar-refractivity contribution in [2.75, 3.05) is 11.1 Å². The highest BCUT2D eigenvalue weighted by atomic mass is 15.1. The predicted octanol–water partition coefficient (Wildman–Crippen LogP) is 2.39. The normalized spacial score (nSPS) is 23.5. The van der Waals surface area contributed by atoms with Gasteiger partial charge in [0.25, 0.3) is 0 Å². The van der Waals surface area contributed by atoms with E-state index in [1.165, 1.54) is 19.2 Å². The number of hydrogen-bond acceptors (Lipinski definition) is 4. The summed E-state index contributed by atoms with van der Waals surface area (Å²) >= 11 is 0. The van der Waals surface area contributed by atoms with Crippen molar-refractivity contribution in [3.8, 4) is 0 Å². The molecule has 1 aromatic heterocycles. The molecule has 4 nitrogen and oxygen atoms in total. The molecule has 16 heavy (non-hydrogen) atoms. The maximum atomic E-state index is 5.89. The molecule has 3 N–H and O–H groups in total. The first-order valence-corrected chi connectivity index (χ1v) is 6.00. The first-order valence-electron chi connectivity index (χ1n) is 6.00. The summed E-state index contributed by atoms with van der Waals surface area (Å²) in [7, 11) is 0. The second kappa shape index (κ2) is 4.28. The Balaban J connectivity index is 2.17. The van der Waals surface area contributed by atoms with Gasteiger partial charge in [0, 0.05) is 11.6 Å². The van der Waals surface area contributed by atoms with Gasteiger partial charge in [0.05, 0.1) is 0 Å². The van der Waals surface area contributed by atoms with E-state index in [4.69, 9.17) is 5.73 Å². The van der Waals surface area contributed by atoms with Crippen LogP contribution in [0.25, 0.3) is 0 Å². The molecule has 1 aromatic rings. The lowest BCUT2D eigenvalue weighted by Gasteiger charge is -2.14. The number of nitrogens with zero attached hydrogens (tertiary/aromatic N) is 2. The van der Waals surface area contributed by atoms with Crippen LogP contribution in [-0.4, -0.2) is 16.0 Å². The number of aromatic nitrogens is 2. The fourth-order valence-corrected chi connectivity index (χ4v) is 2.14. The van der Waals surface area contributed by atoms with E-state index in [1.54, 1.807) is 0 Å². The Morgan fingerprint density at radius 1 is 1.50 bits per heavy atom. The SMILES string of the molecule is CCC1CC1Nc1ncnc(N)c1C(C)C. The van der Waals surface area contributed by atoms with Gasteiger partial charge < -0.3 is 11.1 Å². The third kappa shape index (κ3) is 2.10. The van der Waals surface area contributed by atoms with Crippen molar-refractivity contribution >= 4 is 11.6 Å². The van der Waals surface area contributed by atoms with Crippen LogP contribution in [0.1, 0.15) is 45.1 Å². The fourth-order valence-electron chi connectivity index (χ4n) is 2.14. The Morgan fingerprint density at radius 3 is 2.81 bits per heavy atom.